The summed E-state index contributed by atoms with van der Waals surface area (Å²) >= 11 is 11.6. The van der Waals surface area contributed by atoms with Gasteiger partial charge in [0.1, 0.15) is 11.6 Å². The van der Waals surface area contributed by atoms with Crippen molar-refractivity contribution in [2.75, 3.05) is 5.32 Å². The molecule has 3 aromatic rings. The van der Waals surface area contributed by atoms with Gasteiger partial charge in [-0.15, -0.1) is 0 Å². The molecule has 1 amide bonds. The van der Waals surface area contributed by atoms with E-state index < -0.39 is 40.6 Å². The van der Waals surface area contributed by atoms with Gasteiger partial charge in [0.05, 0.1) is 11.3 Å². The fourth-order valence-electron chi connectivity index (χ4n) is 2.77. The van der Waals surface area contributed by atoms with Gasteiger partial charge < -0.3 is 9.88 Å². The van der Waals surface area contributed by atoms with Crippen molar-refractivity contribution in [1.29, 1.82) is 0 Å². The lowest BCUT2D eigenvalue weighted by Crippen LogP contribution is -2.29. The molecule has 1 N–H and O–H groups in total. The van der Waals surface area contributed by atoms with E-state index in [2.05, 4.69) is 5.32 Å². The van der Waals surface area contributed by atoms with Crippen molar-refractivity contribution in [2.24, 2.45) is 0 Å². The first kappa shape index (κ1) is 22.6. The molecule has 1 heterocycles. The predicted octanol–water partition coefficient (Wildman–Crippen LogP) is 5.04. The summed E-state index contributed by atoms with van der Waals surface area (Å²) < 4.78 is 39.5. The average molecular weight is 469 g/mol. The Morgan fingerprint density at radius 2 is 1.68 bits per heavy atom. The Hall–Kier alpha value is -3.10. The van der Waals surface area contributed by atoms with Crippen molar-refractivity contribution in [3.63, 3.8) is 0 Å². The number of anilines is 1. The molecule has 160 valence electrons. The van der Waals surface area contributed by atoms with Crippen LogP contribution in [0.1, 0.15) is 21.5 Å². The summed E-state index contributed by atoms with van der Waals surface area (Å²) in [7, 11) is 0. The van der Waals surface area contributed by atoms with Crippen molar-refractivity contribution in [1.82, 2.24) is 4.57 Å². The third-order valence-electron chi connectivity index (χ3n) is 4.22. The summed E-state index contributed by atoms with van der Waals surface area (Å²) in [4.78, 5) is 37.3. The van der Waals surface area contributed by atoms with Gasteiger partial charge in [-0.1, -0.05) is 53.5 Å². The van der Waals surface area contributed by atoms with Crippen molar-refractivity contribution >= 4 is 40.6 Å². The summed E-state index contributed by atoms with van der Waals surface area (Å²) in [6, 6.07) is 12.9. The quantitative estimate of drug-likeness (QED) is 0.533. The zero-order valence-electron chi connectivity index (χ0n) is 15.5. The largest absolute Gasteiger partial charge is 0.417 e. The Bertz CT molecular complexity index is 1210. The zero-order valence-corrected chi connectivity index (χ0v) is 17.1. The van der Waals surface area contributed by atoms with Crippen LogP contribution in [0.5, 0.6) is 0 Å². The number of ketones is 1. The third-order valence-corrected chi connectivity index (χ3v) is 4.73. The minimum absolute atomic E-state index is 0.0847. The summed E-state index contributed by atoms with van der Waals surface area (Å²) in [5.41, 5.74) is -1.60. The summed E-state index contributed by atoms with van der Waals surface area (Å²) in [5, 5.41) is 2.02. The molecule has 0 saturated carbocycles. The van der Waals surface area contributed by atoms with Crippen LogP contribution in [0, 0.1) is 0 Å². The van der Waals surface area contributed by atoms with Gasteiger partial charge in [0.15, 0.2) is 5.78 Å². The molecule has 0 atom stereocenters. The second-order valence-corrected chi connectivity index (χ2v) is 7.28. The van der Waals surface area contributed by atoms with Crippen LogP contribution in [0.4, 0.5) is 18.9 Å². The van der Waals surface area contributed by atoms with Crippen molar-refractivity contribution in [2.45, 2.75) is 12.7 Å². The molecular formula is C21H13Cl2F3N2O3. The van der Waals surface area contributed by atoms with E-state index in [9.17, 15) is 27.6 Å². The number of pyridine rings is 1. The number of aromatic nitrogens is 1. The van der Waals surface area contributed by atoms with Crippen LogP contribution in [0.25, 0.3) is 0 Å². The maximum Gasteiger partial charge on any atom is 0.417 e. The molecule has 1 aromatic heterocycles. The van der Waals surface area contributed by atoms with Gasteiger partial charge in [0.25, 0.3) is 5.56 Å². The van der Waals surface area contributed by atoms with Crippen LogP contribution >= 0.6 is 23.2 Å². The maximum absolute atomic E-state index is 13.0. The summed E-state index contributed by atoms with van der Waals surface area (Å²) in [6.45, 7) is -0.746. The van der Waals surface area contributed by atoms with Crippen molar-refractivity contribution < 1.29 is 22.8 Å². The Morgan fingerprint density at radius 1 is 1.00 bits per heavy atom. The van der Waals surface area contributed by atoms with Gasteiger partial charge in [-0.2, -0.15) is 13.2 Å². The van der Waals surface area contributed by atoms with Crippen molar-refractivity contribution in [3.8, 4) is 0 Å². The number of halogens is 5. The first-order valence-corrected chi connectivity index (χ1v) is 9.48. The van der Waals surface area contributed by atoms with E-state index in [4.69, 9.17) is 23.2 Å². The number of amides is 1. The smallest absolute Gasteiger partial charge is 0.324 e. The highest BCUT2D eigenvalue weighted by Crippen LogP contribution is 2.29. The van der Waals surface area contributed by atoms with Gasteiger partial charge in [0, 0.05) is 22.3 Å². The van der Waals surface area contributed by atoms with E-state index in [1.807, 2.05) is 0 Å². The van der Waals surface area contributed by atoms with Crippen LogP contribution < -0.4 is 10.9 Å². The number of benzene rings is 2. The molecule has 0 aliphatic heterocycles. The molecule has 0 radical (unpaired) electrons. The fourth-order valence-corrected chi connectivity index (χ4v) is 3.17. The van der Waals surface area contributed by atoms with Gasteiger partial charge >= 0.3 is 6.18 Å². The topological polar surface area (TPSA) is 68.2 Å². The number of nitrogens with one attached hydrogen (secondary N) is 1. The number of hydrogen-bond acceptors (Lipinski definition) is 3. The van der Waals surface area contributed by atoms with E-state index in [-0.39, 0.29) is 16.3 Å². The highest BCUT2D eigenvalue weighted by atomic mass is 35.5. The average Bonchev–Trinajstić information content (AvgIpc) is 2.72. The first-order chi connectivity index (χ1) is 14.6. The molecule has 0 aliphatic carbocycles. The highest BCUT2D eigenvalue weighted by Gasteiger charge is 2.32. The number of carbonyl (C=O) groups is 2. The molecule has 31 heavy (non-hydrogen) atoms. The lowest BCUT2D eigenvalue weighted by atomic mass is 10.0. The fraction of sp³-hybridized carbons (Fsp3) is 0.0952. The van der Waals surface area contributed by atoms with Crippen LogP contribution in [-0.4, -0.2) is 16.3 Å². The normalized spacial score (nSPS) is 11.3. The predicted molar refractivity (Wildman–Crippen MR) is 111 cm³/mol. The van der Waals surface area contributed by atoms with Crippen LogP contribution in [0.15, 0.2) is 65.6 Å². The number of carbonyl (C=O) groups excluding carboxylic acids is 2. The number of nitrogens with zero attached hydrogens (tertiary/aromatic N) is 1. The number of hydrogen-bond donors (Lipinski definition) is 1. The summed E-state index contributed by atoms with van der Waals surface area (Å²) in [5.74, 6) is -1.25. The minimum atomic E-state index is -4.75. The minimum Gasteiger partial charge on any atom is -0.324 e. The lowest BCUT2D eigenvalue weighted by molar-refractivity contribution is -0.138. The Kier molecular flexibility index (Phi) is 6.52. The maximum atomic E-state index is 13.0. The van der Waals surface area contributed by atoms with Gasteiger partial charge in [-0.05, 0) is 24.3 Å². The van der Waals surface area contributed by atoms with Crippen molar-refractivity contribution in [3.05, 3.63) is 97.9 Å². The molecule has 0 fully saturated rings. The Morgan fingerprint density at radius 3 is 2.32 bits per heavy atom. The molecular weight excluding hydrogens is 456 g/mol. The second kappa shape index (κ2) is 8.95. The molecule has 10 heteroatoms. The molecule has 0 spiro atoms. The molecule has 0 saturated heterocycles. The SMILES string of the molecule is O=C(Cn1cc(C(F)(F)F)cc(Cl)c1=O)Nc1ccc(Cl)cc1C(=O)c1ccccc1. The first-order valence-electron chi connectivity index (χ1n) is 8.72. The van der Waals surface area contributed by atoms with E-state index in [0.29, 0.717) is 22.4 Å². The zero-order chi connectivity index (χ0) is 22.8. The highest BCUT2D eigenvalue weighted by molar-refractivity contribution is 6.31. The number of rotatable bonds is 5. The molecule has 0 unspecified atom stereocenters. The monoisotopic (exact) mass is 468 g/mol. The lowest BCUT2D eigenvalue weighted by Gasteiger charge is -2.14. The molecule has 3 rings (SSSR count). The molecule has 5 nitrogen and oxygen atoms in total. The van der Waals surface area contributed by atoms with Gasteiger partial charge in [0.2, 0.25) is 5.91 Å². The second-order valence-electron chi connectivity index (χ2n) is 6.44. The van der Waals surface area contributed by atoms with Gasteiger partial charge in [-0.3, -0.25) is 14.4 Å². The standard InChI is InChI=1S/C21H13Cl2F3N2O3/c22-14-6-7-17(15(9-14)19(30)12-4-2-1-3-5-12)27-18(29)11-28-10-13(21(24,25)26)8-16(23)20(28)31/h1-10H,11H2,(H,27,29). The molecule has 0 bridgehead atoms. The molecule has 2 aromatic carbocycles. The molecule has 0 aliphatic rings. The van der Waals surface area contributed by atoms with E-state index in [1.165, 1.54) is 18.2 Å². The Balaban J connectivity index is 1.89. The Labute approximate surface area is 184 Å². The van der Waals surface area contributed by atoms with Crippen LogP contribution in [0.3, 0.4) is 0 Å². The van der Waals surface area contributed by atoms with Crippen LogP contribution in [0.2, 0.25) is 10.0 Å². The van der Waals surface area contributed by atoms with E-state index in [1.54, 1.807) is 30.3 Å². The summed E-state index contributed by atoms with van der Waals surface area (Å²) in [6.07, 6.45) is -4.24. The van der Waals surface area contributed by atoms with E-state index >= 15 is 0 Å². The third kappa shape index (κ3) is 5.34. The van der Waals surface area contributed by atoms with Gasteiger partial charge in [-0.25, -0.2) is 0 Å². The number of alkyl halides is 3. The van der Waals surface area contributed by atoms with E-state index in [0.717, 1.165) is 0 Å². The van der Waals surface area contributed by atoms with Crippen LogP contribution in [-0.2, 0) is 17.5 Å².